The van der Waals surface area contributed by atoms with Crippen LogP contribution < -0.4 is 5.32 Å². The Morgan fingerprint density at radius 3 is 2.38 bits per heavy atom. The van der Waals surface area contributed by atoms with Crippen LogP contribution in [0.15, 0.2) is 54.6 Å². The number of amides is 1. The maximum atomic E-state index is 12.9. The molecule has 0 saturated carbocycles. The zero-order valence-corrected chi connectivity index (χ0v) is 17.9. The lowest BCUT2D eigenvalue weighted by Gasteiger charge is -2.35. The van der Waals surface area contributed by atoms with Gasteiger partial charge in [-0.1, -0.05) is 62.4 Å². The van der Waals surface area contributed by atoms with Crippen LogP contribution in [0.5, 0.6) is 0 Å². The standard InChI is InChI=1S/C25H34N2O2/c1-19(2)18-29-23-13-15-27(16-14-23)20(3)25(28)26-24-12-8-7-11-22(24)17-21-9-5-4-6-10-21/h4-12,19-20,23H,13-18H2,1-3H3,(H,26,28). The zero-order valence-electron chi connectivity index (χ0n) is 17.9. The van der Waals surface area contributed by atoms with Crippen LogP contribution in [0.25, 0.3) is 0 Å². The molecule has 0 radical (unpaired) electrons. The topological polar surface area (TPSA) is 41.6 Å². The van der Waals surface area contributed by atoms with Crippen molar-refractivity contribution in [3.05, 3.63) is 65.7 Å². The molecule has 1 saturated heterocycles. The number of carbonyl (C=O) groups excluding carboxylic acids is 1. The summed E-state index contributed by atoms with van der Waals surface area (Å²) < 4.78 is 5.97. The highest BCUT2D eigenvalue weighted by Crippen LogP contribution is 2.21. The Morgan fingerprint density at radius 2 is 1.69 bits per heavy atom. The summed E-state index contributed by atoms with van der Waals surface area (Å²) in [6.07, 6.45) is 3.13. The Hall–Kier alpha value is -2.17. The molecule has 0 bridgehead atoms. The maximum absolute atomic E-state index is 12.9. The third kappa shape index (κ3) is 6.41. The van der Waals surface area contributed by atoms with E-state index in [1.165, 1.54) is 5.56 Å². The van der Waals surface area contributed by atoms with E-state index in [-0.39, 0.29) is 11.9 Å². The second kappa shape index (κ2) is 10.6. The van der Waals surface area contributed by atoms with Crippen LogP contribution in [0.3, 0.4) is 0 Å². The van der Waals surface area contributed by atoms with Gasteiger partial charge < -0.3 is 10.1 Å². The molecule has 3 rings (SSSR count). The molecule has 4 nitrogen and oxygen atoms in total. The van der Waals surface area contributed by atoms with Crippen molar-refractivity contribution in [1.82, 2.24) is 4.90 Å². The SMILES string of the molecule is CC(C)COC1CCN(C(C)C(=O)Nc2ccccc2Cc2ccccc2)CC1. The summed E-state index contributed by atoms with van der Waals surface area (Å²) in [6.45, 7) is 8.99. The first-order chi connectivity index (χ1) is 14.0. The molecule has 1 amide bonds. The highest BCUT2D eigenvalue weighted by atomic mass is 16.5. The fraction of sp³-hybridized carbons (Fsp3) is 0.480. The second-order valence-electron chi connectivity index (χ2n) is 8.45. The molecular weight excluding hydrogens is 360 g/mol. The minimum atomic E-state index is -0.147. The molecule has 1 N–H and O–H groups in total. The van der Waals surface area contributed by atoms with Gasteiger partial charge in [-0.15, -0.1) is 0 Å². The van der Waals surface area contributed by atoms with Crippen molar-refractivity contribution < 1.29 is 9.53 Å². The number of anilines is 1. The number of ether oxygens (including phenoxy) is 1. The van der Waals surface area contributed by atoms with Gasteiger partial charge in [0.2, 0.25) is 5.91 Å². The number of carbonyl (C=O) groups is 1. The number of nitrogens with one attached hydrogen (secondary N) is 1. The Balaban J connectivity index is 1.55. The van der Waals surface area contributed by atoms with Crippen LogP contribution in [0.4, 0.5) is 5.69 Å². The summed E-state index contributed by atoms with van der Waals surface area (Å²) >= 11 is 0. The molecule has 1 unspecified atom stereocenters. The summed E-state index contributed by atoms with van der Waals surface area (Å²) in [7, 11) is 0. The van der Waals surface area contributed by atoms with Crippen LogP contribution in [-0.2, 0) is 16.0 Å². The number of benzene rings is 2. The van der Waals surface area contributed by atoms with Gasteiger partial charge in [0.25, 0.3) is 0 Å². The summed E-state index contributed by atoms with van der Waals surface area (Å²) in [5, 5.41) is 3.17. The predicted molar refractivity (Wildman–Crippen MR) is 119 cm³/mol. The van der Waals surface area contributed by atoms with Crippen LogP contribution in [-0.4, -0.2) is 42.6 Å². The van der Waals surface area contributed by atoms with Gasteiger partial charge in [0.05, 0.1) is 12.1 Å². The number of rotatable bonds is 8. The van der Waals surface area contributed by atoms with E-state index in [0.717, 1.165) is 50.2 Å². The van der Waals surface area contributed by atoms with Gasteiger partial charge in [0.1, 0.15) is 0 Å². The molecule has 156 valence electrons. The largest absolute Gasteiger partial charge is 0.378 e. The molecule has 1 heterocycles. The van der Waals surface area contributed by atoms with Crippen LogP contribution in [0, 0.1) is 5.92 Å². The van der Waals surface area contributed by atoms with Gasteiger partial charge >= 0.3 is 0 Å². The average molecular weight is 395 g/mol. The molecule has 4 heteroatoms. The van der Waals surface area contributed by atoms with Crippen LogP contribution in [0.2, 0.25) is 0 Å². The molecule has 0 aliphatic carbocycles. The Morgan fingerprint density at radius 1 is 1.03 bits per heavy atom. The highest BCUT2D eigenvalue weighted by molar-refractivity contribution is 5.95. The Kier molecular flexibility index (Phi) is 7.84. The third-order valence-corrected chi connectivity index (χ3v) is 5.58. The number of nitrogens with zero attached hydrogens (tertiary/aromatic N) is 1. The molecule has 2 aromatic carbocycles. The van der Waals surface area contributed by atoms with Crippen LogP contribution in [0.1, 0.15) is 44.7 Å². The monoisotopic (exact) mass is 394 g/mol. The Labute approximate surface area is 175 Å². The van der Waals surface area contributed by atoms with Gasteiger partial charge in [-0.25, -0.2) is 0 Å². The maximum Gasteiger partial charge on any atom is 0.241 e. The third-order valence-electron chi connectivity index (χ3n) is 5.58. The highest BCUT2D eigenvalue weighted by Gasteiger charge is 2.27. The van der Waals surface area contributed by atoms with E-state index in [1.54, 1.807) is 0 Å². The summed E-state index contributed by atoms with van der Waals surface area (Å²) in [6, 6.07) is 18.3. The van der Waals surface area contributed by atoms with Crippen molar-refractivity contribution in [2.45, 2.75) is 52.2 Å². The molecule has 0 spiro atoms. The number of hydrogen-bond donors (Lipinski definition) is 1. The van der Waals surface area contributed by atoms with E-state index in [9.17, 15) is 4.79 Å². The minimum absolute atomic E-state index is 0.0621. The smallest absolute Gasteiger partial charge is 0.241 e. The average Bonchev–Trinajstić information content (AvgIpc) is 2.74. The number of piperidine rings is 1. The van der Waals surface area contributed by atoms with E-state index in [0.29, 0.717) is 12.0 Å². The molecule has 2 aromatic rings. The van der Waals surface area contributed by atoms with Gasteiger partial charge in [-0.3, -0.25) is 9.69 Å². The zero-order chi connectivity index (χ0) is 20.6. The normalized spacial score (nSPS) is 16.7. The fourth-order valence-electron chi connectivity index (χ4n) is 3.77. The van der Waals surface area contributed by atoms with E-state index >= 15 is 0 Å². The molecule has 1 atom stereocenters. The molecule has 29 heavy (non-hydrogen) atoms. The lowest BCUT2D eigenvalue weighted by Crippen LogP contribution is -2.47. The quantitative estimate of drug-likeness (QED) is 0.703. The van der Waals surface area contributed by atoms with Gasteiger partial charge in [-0.05, 0) is 49.3 Å². The van der Waals surface area contributed by atoms with Gasteiger partial charge in [0, 0.05) is 25.4 Å². The second-order valence-corrected chi connectivity index (χ2v) is 8.45. The summed E-state index contributed by atoms with van der Waals surface area (Å²) in [4.78, 5) is 15.2. The number of para-hydroxylation sites is 1. The van der Waals surface area contributed by atoms with Crippen molar-refractivity contribution in [3.63, 3.8) is 0 Å². The lowest BCUT2D eigenvalue weighted by molar-refractivity contribution is -0.122. The molecule has 1 aliphatic rings. The van der Waals surface area contributed by atoms with E-state index in [1.807, 2.05) is 43.3 Å². The van der Waals surface area contributed by atoms with Gasteiger partial charge in [-0.2, -0.15) is 0 Å². The minimum Gasteiger partial charge on any atom is -0.378 e. The predicted octanol–water partition coefficient (Wildman–Crippen LogP) is 4.74. The molecule has 1 aliphatic heterocycles. The summed E-state index contributed by atoms with van der Waals surface area (Å²) in [5.74, 6) is 0.626. The first-order valence-corrected chi connectivity index (χ1v) is 10.8. The first kappa shape index (κ1) is 21.5. The summed E-state index contributed by atoms with van der Waals surface area (Å²) in [5.41, 5.74) is 3.29. The lowest BCUT2D eigenvalue weighted by atomic mass is 10.0. The Bertz CT molecular complexity index is 767. The van der Waals surface area contributed by atoms with Crippen molar-refractivity contribution in [2.24, 2.45) is 5.92 Å². The van der Waals surface area contributed by atoms with Crippen LogP contribution >= 0.6 is 0 Å². The molecule has 1 fully saturated rings. The number of likely N-dealkylation sites (tertiary alicyclic amines) is 1. The van der Waals surface area contributed by atoms with E-state index in [2.05, 4.69) is 42.3 Å². The van der Waals surface area contributed by atoms with E-state index < -0.39 is 0 Å². The van der Waals surface area contributed by atoms with Crippen molar-refractivity contribution in [1.29, 1.82) is 0 Å². The fourth-order valence-corrected chi connectivity index (χ4v) is 3.77. The molecular formula is C25H34N2O2. The van der Waals surface area contributed by atoms with Gasteiger partial charge in [0.15, 0.2) is 0 Å². The van der Waals surface area contributed by atoms with E-state index in [4.69, 9.17) is 4.74 Å². The number of hydrogen-bond acceptors (Lipinski definition) is 3. The van der Waals surface area contributed by atoms with Crippen molar-refractivity contribution in [2.75, 3.05) is 25.0 Å². The van der Waals surface area contributed by atoms with Crippen molar-refractivity contribution in [3.8, 4) is 0 Å². The molecule has 0 aromatic heterocycles. The first-order valence-electron chi connectivity index (χ1n) is 10.8. The van der Waals surface area contributed by atoms with Crippen molar-refractivity contribution >= 4 is 11.6 Å².